The molecule has 174 valence electrons. The molecule has 0 aliphatic carbocycles. The van der Waals surface area contributed by atoms with Gasteiger partial charge in [-0.25, -0.2) is 4.79 Å². The number of nitrogens with two attached hydrogens (primary N) is 2. The van der Waals surface area contributed by atoms with Crippen LogP contribution in [0.1, 0.15) is 46.5 Å². The predicted molar refractivity (Wildman–Crippen MR) is 118 cm³/mol. The van der Waals surface area contributed by atoms with Crippen molar-refractivity contribution in [1.82, 2.24) is 16.0 Å². The third kappa shape index (κ3) is 10.8. The van der Waals surface area contributed by atoms with E-state index in [4.69, 9.17) is 11.5 Å². The molecule has 0 aliphatic rings. The van der Waals surface area contributed by atoms with Gasteiger partial charge in [0.25, 0.3) is 0 Å². The molecule has 30 heavy (non-hydrogen) atoms. The van der Waals surface area contributed by atoms with Gasteiger partial charge in [-0.05, 0) is 57.1 Å². The second-order valence-corrected chi connectivity index (χ2v) is 8.53. The largest absolute Gasteiger partial charge is 0.480 e. The van der Waals surface area contributed by atoms with Gasteiger partial charge in [0.1, 0.15) is 18.1 Å². The van der Waals surface area contributed by atoms with Crippen LogP contribution in [0.4, 0.5) is 0 Å². The first-order valence-electron chi connectivity index (χ1n) is 10.1. The van der Waals surface area contributed by atoms with Crippen molar-refractivity contribution in [3.63, 3.8) is 0 Å². The smallest absolute Gasteiger partial charge is 0.326 e. The molecule has 0 bridgehead atoms. The van der Waals surface area contributed by atoms with E-state index in [9.17, 15) is 24.3 Å². The van der Waals surface area contributed by atoms with Gasteiger partial charge in [-0.1, -0.05) is 13.8 Å². The molecule has 0 saturated heterocycles. The second-order valence-electron chi connectivity index (χ2n) is 7.55. The Bertz CT molecular complexity index is 574. The third-order valence-corrected chi connectivity index (χ3v) is 5.11. The second kappa shape index (κ2) is 15.0. The summed E-state index contributed by atoms with van der Waals surface area (Å²) >= 11 is 1.50. The molecule has 0 aliphatic heterocycles. The summed E-state index contributed by atoms with van der Waals surface area (Å²) < 4.78 is 0. The summed E-state index contributed by atoms with van der Waals surface area (Å²) in [6.45, 7) is 5.48. The molecule has 3 amide bonds. The van der Waals surface area contributed by atoms with Crippen molar-refractivity contribution < 1.29 is 24.3 Å². The minimum atomic E-state index is -1.14. The highest BCUT2D eigenvalue weighted by molar-refractivity contribution is 7.98. The Morgan fingerprint density at radius 1 is 0.900 bits per heavy atom. The van der Waals surface area contributed by atoms with Crippen molar-refractivity contribution in [3.8, 4) is 0 Å². The highest BCUT2D eigenvalue weighted by atomic mass is 32.2. The summed E-state index contributed by atoms with van der Waals surface area (Å²) in [6.07, 6.45) is 3.65. The van der Waals surface area contributed by atoms with Crippen molar-refractivity contribution in [3.05, 3.63) is 0 Å². The summed E-state index contributed by atoms with van der Waals surface area (Å²) in [5.74, 6) is -2.35. The molecule has 0 radical (unpaired) electrons. The summed E-state index contributed by atoms with van der Waals surface area (Å²) in [5, 5.41) is 17.1. The lowest BCUT2D eigenvalue weighted by molar-refractivity contribution is -0.142. The Morgan fingerprint density at radius 3 is 1.97 bits per heavy atom. The number of aliphatic carboxylic acids is 1. The number of carboxylic acid groups (broad SMARTS) is 1. The third-order valence-electron chi connectivity index (χ3n) is 4.47. The fraction of sp³-hybridized carbons (Fsp3) is 0.789. The Morgan fingerprint density at radius 2 is 1.50 bits per heavy atom. The molecule has 0 heterocycles. The molecular formula is C19H37N5O5S. The molecule has 4 atom stereocenters. The van der Waals surface area contributed by atoms with E-state index < -0.39 is 47.9 Å². The van der Waals surface area contributed by atoms with Crippen LogP contribution in [0, 0.1) is 5.92 Å². The summed E-state index contributed by atoms with van der Waals surface area (Å²) in [7, 11) is 0. The van der Waals surface area contributed by atoms with E-state index >= 15 is 0 Å². The summed E-state index contributed by atoms with van der Waals surface area (Å²) in [6, 6.07) is -3.63. The van der Waals surface area contributed by atoms with Crippen LogP contribution in [-0.4, -0.2) is 71.5 Å². The first kappa shape index (κ1) is 28.1. The van der Waals surface area contributed by atoms with Gasteiger partial charge in [0.2, 0.25) is 17.7 Å². The van der Waals surface area contributed by atoms with Crippen molar-refractivity contribution in [2.45, 2.75) is 70.6 Å². The Balaban J connectivity index is 5.25. The molecule has 8 N–H and O–H groups in total. The van der Waals surface area contributed by atoms with Crippen LogP contribution in [0.15, 0.2) is 0 Å². The lowest BCUT2D eigenvalue weighted by Crippen LogP contribution is -2.58. The lowest BCUT2D eigenvalue weighted by Gasteiger charge is -2.26. The van der Waals surface area contributed by atoms with Crippen LogP contribution in [0.5, 0.6) is 0 Å². The molecule has 11 heteroatoms. The van der Waals surface area contributed by atoms with Crippen molar-refractivity contribution >= 4 is 35.5 Å². The summed E-state index contributed by atoms with van der Waals surface area (Å²) in [4.78, 5) is 48.9. The van der Waals surface area contributed by atoms with Crippen LogP contribution in [0.3, 0.4) is 0 Å². The number of carbonyl (C=O) groups is 4. The van der Waals surface area contributed by atoms with Crippen molar-refractivity contribution in [1.29, 1.82) is 0 Å². The number of thioether (sulfide) groups is 1. The highest BCUT2D eigenvalue weighted by Gasteiger charge is 2.30. The van der Waals surface area contributed by atoms with Crippen LogP contribution >= 0.6 is 11.8 Å². The predicted octanol–water partition coefficient (Wildman–Crippen LogP) is -0.589. The van der Waals surface area contributed by atoms with Gasteiger partial charge in [0.05, 0.1) is 6.04 Å². The first-order chi connectivity index (χ1) is 14.0. The van der Waals surface area contributed by atoms with Crippen LogP contribution in [0.25, 0.3) is 0 Å². The highest BCUT2D eigenvalue weighted by Crippen LogP contribution is 2.08. The van der Waals surface area contributed by atoms with E-state index in [1.54, 1.807) is 13.8 Å². The van der Waals surface area contributed by atoms with Gasteiger partial charge in [-0.2, -0.15) is 11.8 Å². The van der Waals surface area contributed by atoms with Crippen LogP contribution in [-0.2, 0) is 19.2 Å². The first-order valence-corrected chi connectivity index (χ1v) is 11.5. The standard InChI is InChI=1S/C19H37N5O5S/c1-11(2)15(24-16(25)12(3)21)18(27)22-13(8-10-30-4)17(26)23-14(19(28)29)7-5-6-9-20/h11-15H,5-10,20-21H2,1-4H3,(H,22,27)(H,23,26)(H,24,25)(H,28,29). The zero-order chi connectivity index (χ0) is 23.3. The van der Waals surface area contributed by atoms with E-state index in [1.807, 2.05) is 6.26 Å². The van der Waals surface area contributed by atoms with Gasteiger partial charge < -0.3 is 32.5 Å². The van der Waals surface area contributed by atoms with Crippen molar-refractivity contribution in [2.24, 2.45) is 17.4 Å². The Labute approximate surface area is 182 Å². The minimum Gasteiger partial charge on any atom is -0.480 e. The van der Waals surface area contributed by atoms with E-state index in [2.05, 4.69) is 16.0 Å². The topological polar surface area (TPSA) is 177 Å². The van der Waals surface area contributed by atoms with Crippen LogP contribution in [0.2, 0.25) is 0 Å². The molecule has 4 unspecified atom stereocenters. The molecule has 0 rings (SSSR count). The average molecular weight is 448 g/mol. The molecule has 0 aromatic heterocycles. The van der Waals surface area contributed by atoms with Crippen LogP contribution < -0.4 is 27.4 Å². The fourth-order valence-corrected chi connectivity index (χ4v) is 3.08. The number of hydrogen-bond donors (Lipinski definition) is 6. The molecule has 0 aromatic carbocycles. The van der Waals surface area contributed by atoms with Gasteiger partial charge in [0.15, 0.2) is 0 Å². The van der Waals surface area contributed by atoms with Gasteiger partial charge in [0, 0.05) is 0 Å². The average Bonchev–Trinajstić information content (AvgIpc) is 2.67. The summed E-state index contributed by atoms with van der Waals surface area (Å²) in [5.41, 5.74) is 11.0. The quantitative estimate of drug-likeness (QED) is 0.180. The fourth-order valence-electron chi connectivity index (χ4n) is 2.61. The molecule has 0 saturated carbocycles. The number of rotatable bonds is 15. The minimum absolute atomic E-state index is 0.236. The molecule has 10 nitrogen and oxygen atoms in total. The monoisotopic (exact) mass is 447 g/mol. The van der Waals surface area contributed by atoms with E-state index in [1.165, 1.54) is 18.7 Å². The molecule has 0 fully saturated rings. The van der Waals surface area contributed by atoms with E-state index in [0.717, 1.165) is 0 Å². The zero-order valence-corrected chi connectivity index (χ0v) is 19.1. The number of carbonyl (C=O) groups excluding carboxylic acids is 3. The number of hydrogen-bond acceptors (Lipinski definition) is 7. The molecular weight excluding hydrogens is 410 g/mol. The molecule has 0 aromatic rings. The van der Waals surface area contributed by atoms with E-state index in [0.29, 0.717) is 31.6 Å². The number of unbranched alkanes of at least 4 members (excludes halogenated alkanes) is 1. The number of amides is 3. The van der Waals surface area contributed by atoms with E-state index in [-0.39, 0.29) is 12.3 Å². The Kier molecular flexibility index (Phi) is 14.1. The van der Waals surface area contributed by atoms with Gasteiger partial charge in [-0.3, -0.25) is 14.4 Å². The maximum atomic E-state index is 12.8. The maximum absolute atomic E-state index is 12.8. The van der Waals surface area contributed by atoms with Gasteiger partial charge in [-0.15, -0.1) is 0 Å². The van der Waals surface area contributed by atoms with Crippen molar-refractivity contribution in [2.75, 3.05) is 18.6 Å². The normalized spacial score (nSPS) is 15.0. The Hall–Kier alpha value is -1.85. The number of carboxylic acids is 1. The van der Waals surface area contributed by atoms with Gasteiger partial charge >= 0.3 is 5.97 Å². The SMILES string of the molecule is CSCCC(NC(=O)C(NC(=O)C(C)N)C(C)C)C(=O)NC(CCCCN)C(=O)O. The lowest BCUT2D eigenvalue weighted by atomic mass is 10.0. The maximum Gasteiger partial charge on any atom is 0.326 e. The number of nitrogens with one attached hydrogen (secondary N) is 3. The zero-order valence-electron chi connectivity index (χ0n) is 18.3. The molecule has 0 spiro atoms.